The van der Waals surface area contributed by atoms with Gasteiger partial charge < -0.3 is 4.74 Å². The Balaban J connectivity index is 1.67. The summed E-state index contributed by atoms with van der Waals surface area (Å²) in [7, 11) is 0. The average molecular weight is 357 g/mol. The predicted octanol–water partition coefficient (Wildman–Crippen LogP) is 4.83. The third-order valence-corrected chi connectivity index (χ3v) is 4.44. The van der Waals surface area contributed by atoms with Gasteiger partial charge in [0.25, 0.3) is 0 Å². The lowest BCUT2D eigenvalue weighted by Crippen LogP contribution is -2.24. The van der Waals surface area contributed by atoms with Crippen molar-refractivity contribution in [1.29, 1.82) is 0 Å². The smallest absolute Gasteiger partial charge is 0.240 e. The van der Waals surface area contributed by atoms with Crippen LogP contribution in [-0.4, -0.2) is 18.2 Å². The van der Waals surface area contributed by atoms with Gasteiger partial charge in [0, 0.05) is 17.2 Å². The molecule has 1 fully saturated rings. The largest absolute Gasteiger partial charge is 0.492 e. The molecule has 4 nitrogen and oxygen atoms in total. The number of hydrogen-bond acceptors (Lipinski definition) is 3. The number of amides is 1. The summed E-state index contributed by atoms with van der Waals surface area (Å²) in [6.45, 7) is 2.58. The third kappa shape index (κ3) is 6.04. The van der Waals surface area contributed by atoms with Gasteiger partial charge in [-0.1, -0.05) is 36.5 Å². The Labute approximate surface area is 147 Å². The SMILES string of the molecule is C[C@H]1CCCC/C1=N/NC(=O)CCCOc1ccc(Cl)cc1Cl. The Morgan fingerprint density at radius 2 is 2.22 bits per heavy atom. The molecular weight excluding hydrogens is 335 g/mol. The minimum Gasteiger partial charge on any atom is -0.492 e. The molecule has 1 aromatic rings. The van der Waals surface area contributed by atoms with Crippen molar-refractivity contribution in [2.24, 2.45) is 11.0 Å². The normalized spacial score (nSPS) is 19.6. The zero-order valence-corrected chi connectivity index (χ0v) is 14.8. The van der Waals surface area contributed by atoms with Crippen LogP contribution in [0.15, 0.2) is 23.3 Å². The fourth-order valence-corrected chi connectivity index (χ4v) is 3.00. The highest BCUT2D eigenvalue weighted by Crippen LogP contribution is 2.27. The van der Waals surface area contributed by atoms with Gasteiger partial charge in [0.15, 0.2) is 0 Å². The first-order valence-corrected chi connectivity index (χ1v) is 8.75. The van der Waals surface area contributed by atoms with E-state index < -0.39 is 0 Å². The monoisotopic (exact) mass is 356 g/mol. The maximum Gasteiger partial charge on any atom is 0.240 e. The van der Waals surface area contributed by atoms with Gasteiger partial charge in [-0.15, -0.1) is 0 Å². The van der Waals surface area contributed by atoms with E-state index in [0.29, 0.717) is 41.2 Å². The molecule has 2 rings (SSSR count). The summed E-state index contributed by atoms with van der Waals surface area (Å²) in [6.07, 6.45) is 5.53. The number of carbonyl (C=O) groups is 1. The van der Waals surface area contributed by atoms with Crippen LogP contribution in [0.3, 0.4) is 0 Å². The zero-order valence-electron chi connectivity index (χ0n) is 13.3. The van der Waals surface area contributed by atoms with Crippen molar-refractivity contribution in [3.63, 3.8) is 0 Å². The van der Waals surface area contributed by atoms with Crippen LogP contribution in [0.1, 0.15) is 45.4 Å². The van der Waals surface area contributed by atoms with E-state index in [9.17, 15) is 4.79 Å². The molecule has 23 heavy (non-hydrogen) atoms. The van der Waals surface area contributed by atoms with Gasteiger partial charge in [-0.2, -0.15) is 5.10 Å². The molecule has 1 aliphatic carbocycles. The molecule has 126 valence electrons. The van der Waals surface area contributed by atoms with Crippen molar-refractivity contribution in [1.82, 2.24) is 5.43 Å². The van der Waals surface area contributed by atoms with E-state index in [1.807, 2.05) is 0 Å². The lowest BCUT2D eigenvalue weighted by atomic mass is 9.89. The third-order valence-electron chi connectivity index (χ3n) is 3.91. The molecule has 1 aliphatic rings. The first-order chi connectivity index (χ1) is 11.1. The van der Waals surface area contributed by atoms with E-state index in [4.69, 9.17) is 27.9 Å². The van der Waals surface area contributed by atoms with Gasteiger partial charge in [-0.25, -0.2) is 5.43 Å². The topological polar surface area (TPSA) is 50.7 Å². The maximum atomic E-state index is 11.8. The van der Waals surface area contributed by atoms with Crippen molar-refractivity contribution in [3.05, 3.63) is 28.2 Å². The number of carbonyl (C=O) groups excluding carboxylic acids is 1. The summed E-state index contributed by atoms with van der Waals surface area (Å²) >= 11 is 11.8. The van der Waals surface area contributed by atoms with Gasteiger partial charge >= 0.3 is 0 Å². The molecule has 0 aromatic heterocycles. The minimum atomic E-state index is -0.0823. The minimum absolute atomic E-state index is 0.0823. The van der Waals surface area contributed by atoms with Crippen LogP contribution in [0.2, 0.25) is 10.0 Å². The molecule has 0 spiro atoms. The number of ether oxygens (including phenoxy) is 1. The molecule has 0 aliphatic heterocycles. The quantitative estimate of drug-likeness (QED) is 0.585. The number of benzene rings is 1. The molecule has 0 heterocycles. The van der Waals surface area contributed by atoms with Gasteiger partial charge in [-0.3, -0.25) is 4.79 Å². The van der Waals surface area contributed by atoms with Gasteiger partial charge in [0.2, 0.25) is 5.91 Å². The van der Waals surface area contributed by atoms with Crippen LogP contribution in [-0.2, 0) is 4.79 Å². The van der Waals surface area contributed by atoms with Crippen molar-refractivity contribution in [2.45, 2.75) is 45.4 Å². The molecule has 0 bridgehead atoms. The summed E-state index contributed by atoms with van der Waals surface area (Å²) in [6, 6.07) is 5.07. The summed E-state index contributed by atoms with van der Waals surface area (Å²) in [5.74, 6) is 0.966. The highest BCUT2D eigenvalue weighted by Gasteiger charge is 2.16. The fraction of sp³-hybridized carbons (Fsp3) is 0.529. The fourth-order valence-electron chi connectivity index (χ4n) is 2.53. The Morgan fingerprint density at radius 3 is 2.96 bits per heavy atom. The van der Waals surface area contributed by atoms with E-state index in [2.05, 4.69) is 17.5 Å². The highest BCUT2D eigenvalue weighted by molar-refractivity contribution is 6.35. The van der Waals surface area contributed by atoms with Gasteiger partial charge in [0.1, 0.15) is 5.75 Å². The van der Waals surface area contributed by atoms with Crippen molar-refractivity contribution < 1.29 is 9.53 Å². The molecule has 1 atom stereocenters. The molecular formula is C17H22Cl2N2O2. The van der Waals surface area contributed by atoms with Crippen LogP contribution < -0.4 is 10.2 Å². The number of hydrogen-bond donors (Lipinski definition) is 1. The molecule has 6 heteroatoms. The van der Waals surface area contributed by atoms with E-state index in [-0.39, 0.29) is 5.91 Å². The van der Waals surface area contributed by atoms with Gasteiger partial charge in [-0.05, 0) is 49.8 Å². The Morgan fingerprint density at radius 1 is 1.39 bits per heavy atom. The Bertz CT molecular complexity index is 576. The van der Waals surface area contributed by atoms with Gasteiger partial charge in [0.05, 0.1) is 11.6 Å². The second-order valence-corrected chi connectivity index (χ2v) is 6.66. The number of nitrogens with zero attached hydrogens (tertiary/aromatic N) is 1. The van der Waals surface area contributed by atoms with Crippen LogP contribution in [0.5, 0.6) is 5.75 Å². The first kappa shape index (κ1) is 18.1. The van der Waals surface area contributed by atoms with Crippen LogP contribution in [0, 0.1) is 5.92 Å². The van der Waals surface area contributed by atoms with Crippen LogP contribution in [0.4, 0.5) is 0 Å². The molecule has 1 saturated carbocycles. The molecule has 1 N–H and O–H groups in total. The van der Waals surface area contributed by atoms with Crippen molar-refractivity contribution in [3.8, 4) is 5.75 Å². The van der Waals surface area contributed by atoms with Crippen molar-refractivity contribution >= 4 is 34.8 Å². The molecule has 0 radical (unpaired) electrons. The highest BCUT2D eigenvalue weighted by atomic mass is 35.5. The summed E-state index contributed by atoms with van der Waals surface area (Å²) < 4.78 is 5.55. The Kier molecular flexibility index (Phi) is 7.18. The number of nitrogens with one attached hydrogen (secondary N) is 1. The predicted molar refractivity (Wildman–Crippen MR) is 94.4 cm³/mol. The summed E-state index contributed by atoms with van der Waals surface area (Å²) in [4.78, 5) is 11.8. The zero-order chi connectivity index (χ0) is 16.7. The van der Waals surface area contributed by atoms with Crippen LogP contribution in [0.25, 0.3) is 0 Å². The van der Waals surface area contributed by atoms with E-state index in [0.717, 1.165) is 25.0 Å². The number of halogens is 2. The standard InChI is InChI=1S/C17H22Cl2N2O2/c1-12-5-2-3-6-15(12)20-21-17(22)7-4-10-23-16-9-8-13(18)11-14(16)19/h8-9,11-12H,2-7,10H2,1H3,(H,21,22)/b20-15-/t12-/m0/s1. The molecule has 1 aromatic carbocycles. The molecule has 0 saturated heterocycles. The van der Waals surface area contributed by atoms with Crippen molar-refractivity contribution in [2.75, 3.05) is 6.61 Å². The Hall–Kier alpha value is -1.26. The maximum absolute atomic E-state index is 11.8. The summed E-state index contributed by atoms with van der Waals surface area (Å²) in [5.41, 5.74) is 3.76. The lowest BCUT2D eigenvalue weighted by molar-refractivity contribution is -0.121. The van der Waals surface area contributed by atoms with E-state index in [1.165, 1.54) is 6.42 Å². The number of rotatable bonds is 6. The second kappa shape index (κ2) is 9.14. The molecule has 0 unspecified atom stereocenters. The molecule has 1 amide bonds. The average Bonchev–Trinajstić information content (AvgIpc) is 2.52. The van der Waals surface area contributed by atoms with Crippen LogP contribution >= 0.6 is 23.2 Å². The lowest BCUT2D eigenvalue weighted by Gasteiger charge is -2.19. The second-order valence-electron chi connectivity index (χ2n) is 5.81. The van der Waals surface area contributed by atoms with E-state index in [1.54, 1.807) is 18.2 Å². The first-order valence-electron chi connectivity index (χ1n) is 7.99. The van der Waals surface area contributed by atoms with E-state index >= 15 is 0 Å². The summed E-state index contributed by atoms with van der Waals surface area (Å²) in [5, 5.41) is 5.30. The number of hydrazone groups is 1.